The Balaban J connectivity index is 1.86. The Morgan fingerprint density at radius 2 is 1.79 bits per heavy atom. The van der Waals surface area contributed by atoms with Crippen LogP contribution in [0.3, 0.4) is 0 Å². The van der Waals surface area contributed by atoms with Gasteiger partial charge in [0.15, 0.2) is 0 Å². The van der Waals surface area contributed by atoms with E-state index in [4.69, 9.17) is 0 Å². The minimum atomic E-state index is -0.137. The SMILES string of the molecule is CNC(=O)c1cccc(CCC(=O)NCc2ccccc2CO)c1. The van der Waals surface area contributed by atoms with Gasteiger partial charge in [0.25, 0.3) is 5.91 Å². The van der Waals surface area contributed by atoms with Crippen molar-refractivity contribution in [2.24, 2.45) is 0 Å². The quantitative estimate of drug-likeness (QED) is 0.726. The highest BCUT2D eigenvalue weighted by atomic mass is 16.3. The van der Waals surface area contributed by atoms with Crippen LogP contribution in [0, 0.1) is 0 Å². The van der Waals surface area contributed by atoms with Gasteiger partial charge in [-0.3, -0.25) is 9.59 Å². The fraction of sp³-hybridized carbons (Fsp3) is 0.263. The number of rotatable bonds is 7. The predicted octanol–water partition coefficient (Wildman–Crippen LogP) is 1.79. The second kappa shape index (κ2) is 8.84. The highest BCUT2D eigenvalue weighted by Crippen LogP contribution is 2.10. The molecule has 2 aromatic carbocycles. The number of aliphatic hydroxyl groups excluding tert-OH is 1. The van der Waals surface area contributed by atoms with Gasteiger partial charge in [0.2, 0.25) is 5.91 Å². The first-order valence-electron chi connectivity index (χ1n) is 7.89. The molecule has 5 heteroatoms. The van der Waals surface area contributed by atoms with E-state index in [2.05, 4.69) is 10.6 Å². The number of aliphatic hydroxyl groups is 1. The van der Waals surface area contributed by atoms with Gasteiger partial charge in [0, 0.05) is 25.6 Å². The van der Waals surface area contributed by atoms with Crippen LogP contribution in [0.5, 0.6) is 0 Å². The summed E-state index contributed by atoms with van der Waals surface area (Å²) in [6.07, 6.45) is 0.913. The average Bonchev–Trinajstić information content (AvgIpc) is 2.64. The molecule has 0 spiro atoms. The number of carbonyl (C=O) groups excluding carboxylic acids is 2. The third-order valence-corrected chi connectivity index (χ3v) is 3.82. The maximum absolute atomic E-state index is 12.0. The third kappa shape index (κ3) is 4.93. The van der Waals surface area contributed by atoms with Crippen LogP contribution in [0.25, 0.3) is 0 Å². The molecule has 0 aromatic heterocycles. The minimum absolute atomic E-state index is 0.0433. The van der Waals surface area contributed by atoms with Gasteiger partial charge in [-0.05, 0) is 35.2 Å². The monoisotopic (exact) mass is 326 g/mol. The van der Waals surface area contributed by atoms with E-state index in [1.807, 2.05) is 36.4 Å². The van der Waals surface area contributed by atoms with E-state index in [1.54, 1.807) is 19.2 Å². The standard InChI is InChI=1S/C19H22N2O3/c1-20-19(24)15-8-4-5-14(11-15)9-10-18(23)21-12-16-6-2-3-7-17(16)13-22/h2-8,11,22H,9-10,12-13H2,1H3,(H,20,24)(H,21,23). The van der Waals surface area contributed by atoms with Crippen molar-refractivity contribution < 1.29 is 14.7 Å². The molecule has 2 aromatic rings. The molecule has 126 valence electrons. The van der Waals surface area contributed by atoms with Crippen molar-refractivity contribution in [3.63, 3.8) is 0 Å². The second-order valence-electron chi connectivity index (χ2n) is 5.48. The summed E-state index contributed by atoms with van der Waals surface area (Å²) >= 11 is 0. The van der Waals surface area contributed by atoms with E-state index < -0.39 is 0 Å². The number of carbonyl (C=O) groups is 2. The minimum Gasteiger partial charge on any atom is -0.392 e. The fourth-order valence-electron chi connectivity index (χ4n) is 2.44. The molecule has 0 radical (unpaired) electrons. The highest BCUT2D eigenvalue weighted by molar-refractivity contribution is 5.94. The van der Waals surface area contributed by atoms with E-state index in [0.717, 1.165) is 16.7 Å². The Labute approximate surface area is 141 Å². The van der Waals surface area contributed by atoms with Gasteiger partial charge >= 0.3 is 0 Å². The lowest BCUT2D eigenvalue weighted by Gasteiger charge is -2.09. The number of hydrogen-bond acceptors (Lipinski definition) is 3. The summed E-state index contributed by atoms with van der Waals surface area (Å²) < 4.78 is 0. The smallest absolute Gasteiger partial charge is 0.251 e. The zero-order valence-electron chi connectivity index (χ0n) is 13.7. The van der Waals surface area contributed by atoms with Gasteiger partial charge in [0.05, 0.1) is 6.61 Å². The lowest BCUT2D eigenvalue weighted by Crippen LogP contribution is -2.23. The van der Waals surface area contributed by atoms with Gasteiger partial charge in [-0.25, -0.2) is 0 Å². The number of nitrogens with one attached hydrogen (secondary N) is 2. The van der Waals surface area contributed by atoms with Crippen molar-refractivity contribution in [1.29, 1.82) is 0 Å². The van der Waals surface area contributed by atoms with Crippen molar-refractivity contribution in [2.75, 3.05) is 7.05 Å². The zero-order valence-corrected chi connectivity index (χ0v) is 13.7. The zero-order chi connectivity index (χ0) is 17.4. The number of aryl methyl sites for hydroxylation is 1. The number of benzene rings is 2. The fourth-order valence-corrected chi connectivity index (χ4v) is 2.44. The first kappa shape index (κ1) is 17.7. The molecule has 5 nitrogen and oxygen atoms in total. The predicted molar refractivity (Wildman–Crippen MR) is 92.4 cm³/mol. The highest BCUT2D eigenvalue weighted by Gasteiger charge is 2.07. The van der Waals surface area contributed by atoms with E-state index in [-0.39, 0.29) is 18.4 Å². The molecule has 24 heavy (non-hydrogen) atoms. The lowest BCUT2D eigenvalue weighted by molar-refractivity contribution is -0.121. The van der Waals surface area contributed by atoms with E-state index in [0.29, 0.717) is 24.9 Å². The molecule has 0 bridgehead atoms. The largest absolute Gasteiger partial charge is 0.392 e. The van der Waals surface area contributed by atoms with Crippen LogP contribution < -0.4 is 10.6 Å². The van der Waals surface area contributed by atoms with Crippen LogP contribution >= 0.6 is 0 Å². The molecule has 0 fully saturated rings. The van der Waals surface area contributed by atoms with Crippen molar-refractivity contribution in [3.8, 4) is 0 Å². The molecule has 3 N–H and O–H groups in total. The molecule has 0 atom stereocenters. The van der Waals surface area contributed by atoms with Gasteiger partial charge in [0.1, 0.15) is 0 Å². The summed E-state index contributed by atoms with van der Waals surface area (Å²) in [6.45, 7) is 0.353. The molecular formula is C19H22N2O3. The van der Waals surface area contributed by atoms with Crippen molar-refractivity contribution in [2.45, 2.75) is 26.0 Å². The summed E-state index contributed by atoms with van der Waals surface area (Å²) in [5.74, 6) is -0.199. The molecule has 0 heterocycles. The molecule has 2 rings (SSSR count). The molecule has 0 aliphatic rings. The van der Waals surface area contributed by atoms with Crippen LogP contribution in [0.4, 0.5) is 0 Å². The van der Waals surface area contributed by atoms with Gasteiger partial charge < -0.3 is 15.7 Å². The van der Waals surface area contributed by atoms with Crippen LogP contribution in [0.2, 0.25) is 0 Å². The van der Waals surface area contributed by atoms with Crippen LogP contribution in [0.15, 0.2) is 48.5 Å². The summed E-state index contributed by atoms with van der Waals surface area (Å²) in [5.41, 5.74) is 3.26. The summed E-state index contributed by atoms with van der Waals surface area (Å²) in [4.78, 5) is 23.6. The van der Waals surface area contributed by atoms with E-state index >= 15 is 0 Å². The van der Waals surface area contributed by atoms with Crippen LogP contribution in [0.1, 0.15) is 33.5 Å². The van der Waals surface area contributed by atoms with Gasteiger partial charge in [-0.2, -0.15) is 0 Å². The number of amides is 2. The second-order valence-corrected chi connectivity index (χ2v) is 5.48. The molecule has 0 unspecified atom stereocenters. The summed E-state index contributed by atoms with van der Waals surface area (Å²) in [7, 11) is 1.59. The Bertz CT molecular complexity index is 713. The van der Waals surface area contributed by atoms with Crippen LogP contribution in [-0.4, -0.2) is 24.0 Å². The normalized spacial score (nSPS) is 10.2. The van der Waals surface area contributed by atoms with E-state index in [9.17, 15) is 14.7 Å². The molecule has 0 saturated heterocycles. The van der Waals surface area contributed by atoms with Crippen molar-refractivity contribution in [3.05, 3.63) is 70.8 Å². The third-order valence-electron chi connectivity index (χ3n) is 3.82. The van der Waals surface area contributed by atoms with Gasteiger partial charge in [-0.15, -0.1) is 0 Å². The topological polar surface area (TPSA) is 78.4 Å². The Kier molecular flexibility index (Phi) is 6.51. The van der Waals surface area contributed by atoms with Crippen molar-refractivity contribution >= 4 is 11.8 Å². The van der Waals surface area contributed by atoms with Crippen LogP contribution in [-0.2, 0) is 24.4 Å². The first-order chi connectivity index (χ1) is 11.6. The van der Waals surface area contributed by atoms with E-state index in [1.165, 1.54) is 0 Å². The average molecular weight is 326 g/mol. The summed E-state index contributed by atoms with van der Waals surface area (Å²) in [5, 5.41) is 14.7. The van der Waals surface area contributed by atoms with Gasteiger partial charge in [-0.1, -0.05) is 36.4 Å². The summed E-state index contributed by atoms with van der Waals surface area (Å²) in [6, 6.07) is 14.7. The Morgan fingerprint density at radius 1 is 1.04 bits per heavy atom. The number of hydrogen-bond donors (Lipinski definition) is 3. The Hall–Kier alpha value is -2.66. The lowest BCUT2D eigenvalue weighted by atomic mass is 10.1. The maximum atomic E-state index is 12.0. The maximum Gasteiger partial charge on any atom is 0.251 e. The molecule has 2 amide bonds. The molecule has 0 saturated carbocycles. The molecule has 0 aliphatic carbocycles. The molecular weight excluding hydrogens is 304 g/mol. The van der Waals surface area contributed by atoms with Crippen molar-refractivity contribution in [1.82, 2.24) is 10.6 Å². The first-order valence-corrected chi connectivity index (χ1v) is 7.89. The molecule has 0 aliphatic heterocycles. The Morgan fingerprint density at radius 3 is 2.50 bits per heavy atom.